The molecule has 7 heteroatoms. The molecule has 0 saturated heterocycles. The number of hydrogen-bond acceptors (Lipinski definition) is 5. The van der Waals surface area contributed by atoms with Crippen LogP contribution in [0, 0.1) is 5.82 Å². The lowest BCUT2D eigenvalue weighted by atomic mass is 10.1. The summed E-state index contributed by atoms with van der Waals surface area (Å²) in [5.74, 6) is 0.129. The van der Waals surface area contributed by atoms with E-state index >= 15 is 0 Å². The average Bonchev–Trinajstić information content (AvgIpc) is 2.82. The van der Waals surface area contributed by atoms with E-state index in [-0.39, 0.29) is 18.0 Å². The molecule has 0 fully saturated rings. The van der Waals surface area contributed by atoms with Crippen molar-refractivity contribution in [2.24, 2.45) is 0 Å². The molecule has 0 amide bonds. The Morgan fingerprint density at radius 3 is 2.41 bits per heavy atom. The fourth-order valence-corrected chi connectivity index (χ4v) is 4.27. The molecule has 1 aromatic heterocycles. The van der Waals surface area contributed by atoms with Crippen LogP contribution in [0.2, 0.25) is 5.02 Å². The molecular formula is C25H19ClFNO3S. The van der Waals surface area contributed by atoms with Crippen molar-refractivity contribution < 1.29 is 18.7 Å². The molecular weight excluding hydrogens is 449 g/mol. The van der Waals surface area contributed by atoms with Gasteiger partial charge in [0.15, 0.2) is 0 Å². The molecule has 4 nitrogen and oxygen atoms in total. The minimum atomic E-state index is -0.532. The van der Waals surface area contributed by atoms with Gasteiger partial charge in [-0.1, -0.05) is 48.0 Å². The Bertz CT molecular complexity index is 1250. The smallest absolute Gasteiger partial charge is 0.344 e. The van der Waals surface area contributed by atoms with Crippen LogP contribution in [0.4, 0.5) is 4.39 Å². The Morgan fingerprint density at radius 1 is 1.00 bits per heavy atom. The van der Waals surface area contributed by atoms with Crippen LogP contribution in [-0.4, -0.2) is 18.1 Å². The van der Waals surface area contributed by atoms with Crippen molar-refractivity contribution in [1.29, 1.82) is 0 Å². The van der Waals surface area contributed by atoms with Gasteiger partial charge in [-0.2, -0.15) is 0 Å². The molecule has 3 aromatic carbocycles. The molecule has 0 saturated carbocycles. The number of nitrogens with zero attached hydrogens (tertiary/aromatic N) is 1. The topological polar surface area (TPSA) is 48.4 Å². The number of para-hydroxylation sites is 1. The first-order chi connectivity index (χ1) is 15.5. The van der Waals surface area contributed by atoms with Gasteiger partial charge in [0.05, 0.1) is 12.6 Å². The van der Waals surface area contributed by atoms with Gasteiger partial charge in [-0.3, -0.25) is 0 Å². The minimum absolute atomic E-state index is 0.166. The van der Waals surface area contributed by atoms with Gasteiger partial charge in [0.1, 0.15) is 28.8 Å². The number of fused-ring (bicyclic) bond motifs is 1. The summed E-state index contributed by atoms with van der Waals surface area (Å²) < 4.78 is 24.4. The number of hydrogen-bond donors (Lipinski definition) is 0. The van der Waals surface area contributed by atoms with E-state index in [1.165, 1.54) is 31.0 Å². The summed E-state index contributed by atoms with van der Waals surface area (Å²) in [5, 5.41) is 1.87. The average molecular weight is 468 g/mol. The van der Waals surface area contributed by atoms with Crippen molar-refractivity contribution in [2.45, 2.75) is 17.4 Å². The molecule has 4 aromatic rings. The molecule has 1 heterocycles. The van der Waals surface area contributed by atoms with Crippen LogP contribution in [0.5, 0.6) is 5.75 Å². The van der Waals surface area contributed by atoms with Crippen molar-refractivity contribution in [3.63, 3.8) is 0 Å². The number of methoxy groups -OCH3 is 1. The maximum atomic E-state index is 13.3. The van der Waals surface area contributed by atoms with E-state index in [4.69, 9.17) is 26.1 Å². The highest BCUT2D eigenvalue weighted by Crippen LogP contribution is 2.37. The number of pyridine rings is 1. The van der Waals surface area contributed by atoms with E-state index < -0.39 is 5.97 Å². The third-order valence-corrected chi connectivity index (χ3v) is 6.08. The summed E-state index contributed by atoms with van der Waals surface area (Å²) in [6.07, 6.45) is 0. The number of ether oxygens (including phenoxy) is 2. The van der Waals surface area contributed by atoms with Crippen LogP contribution in [0.3, 0.4) is 0 Å². The summed E-state index contributed by atoms with van der Waals surface area (Å²) in [7, 11) is 1.33. The SMILES string of the molecule is COC(=O)c1c(SCc2ccc(Cl)cc2)nc2ccccc2c1OCc1ccc(F)cc1. The van der Waals surface area contributed by atoms with Gasteiger partial charge in [-0.25, -0.2) is 14.2 Å². The zero-order valence-electron chi connectivity index (χ0n) is 17.2. The van der Waals surface area contributed by atoms with Gasteiger partial charge in [0, 0.05) is 16.2 Å². The zero-order valence-corrected chi connectivity index (χ0v) is 18.8. The Labute approximate surface area is 194 Å². The number of halogens is 2. The lowest BCUT2D eigenvalue weighted by Gasteiger charge is -2.16. The highest BCUT2D eigenvalue weighted by atomic mass is 35.5. The lowest BCUT2D eigenvalue weighted by molar-refractivity contribution is 0.0590. The number of rotatable bonds is 7. The predicted octanol–water partition coefficient (Wildman–Crippen LogP) is 6.69. The van der Waals surface area contributed by atoms with Gasteiger partial charge < -0.3 is 9.47 Å². The zero-order chi connectivity index (χ0) is 22.5. The van der Waals surface area contributed by atoms with E-state index in [0.717, 1.165) is 11.1 Å². The molecule has 0 atom stereocenters. The Balaban J connectivity index is 1.73. The van der Waals surface area contributed by atoms with Crippen molar-refractivity contribution >= 4 is 40.2 Å². The van der Waals surface area contributed by atoms with Gasteiger partial charge in [-0.05, 0) is 47.5 Å². The molecule has 4 rings (SSSR count). The Morgan fingerprint density at radius 2 is 1.69 bits per heavy atom. The van der Waals surface area contributed by atoms with E-state index in [0.29, 0.717) is 32.5 Å². The second-order valence-corrected chi connectivity index (χ2v) is 8.36. The maximum absolute atomic E-state index is 13.3. The summed E-state index contributed by atoms with van der Waals surface area (Å²) in [6, 6.07) is 21.0. The first-order valence-electron chi connectivity index (χ1n) is 9.80. The number of benzene rings is 3. The summed E-state index contributed by atoms with van der Waals surface area (Å²) in [6.45, 7) is 0.166. The van der Waals surface area contributed by atoms with E-state index in [9.17, 15) is 9.18 Å². The van der Waals surface area contributed by atoms with Crippen molar-refractivity contribution in [1.82, 2.24) is 4.98 Å². The molecule has 0 bridgehead atoms. The van der Waals surface area contributed by atoms with E-state index in [1.54, 1.807) is 12.1 Å². The lowest BCUT2D eigenvalue weighted by Crippen LogP contribution is -2.10. The highest BCUT2D eigenvalue weighted by molar-refractivity contribution is 7.98. The van der Waals surface area contributed by atoms with Crippen LogP contribution >= 0.6 is 23.4 Å². The molecule has 0 spiro atoms. The van der Waals surface area contributed by atoms with Gasteiger partial charge in [0.25, 0.3) is 0 Å². The fraction of sp³-hybridized carbons (Fsp3) is 0.120. The molecule has 162 valence electrons. The van der Waals surface area contributed by atoms with Gasteiger partial charge in [0.2, 0.25) is 0 Å². The molecule has 0 aliphatic rings. The van der Waals surface area contributed by atoms with Crippen LogP contribution in [0.25, 0.3) is 10.9 Å². The normalized spacial score (nSPS) is 10.8. The number of esters is 1. The largest absolute Gasteiger partial charge is 0.487 e. The molecule has 32 heavy (non-hydrogen) atoms. The summed E-state index contributed by atoms with van der Waals surface area (Å²) >= 11 is 7.39. The minimum Gasteiger partial charge on any atom is -0.487 e. The quantitative estimate of drug-likeness (QED) is 0.224. The van der Waals surface area contributed by atoms with Crippen LogP contribution in [0.15, 0.2) is 77.8 Å². The number of aromatic nitrogens is 1. The molecule has 0 unspecified atom stereocenters. The van der Waals surface area contributed by atoms with Crippen molar-refractivity contribution in [2.75, 3.05) is 7.11 Å². The number of carbonyl (C=O) groups excluding carboxylic acids is 1. The monoisotopic (exact) mass is 467 g/mol. The Kier molecular flexibility index (Phi) is 6.93. The van der Waals surface area contributed by atoms with E-state index in [1.807, 2.05) is 48.5 Å². The molecule has 0 radical (unpaired) electrons. The van der Waals surface area contributed by atoms with Crippen molar-refractivity contribution in [3.05, 3.63) is 100 Å². The summed E-state index contributed by atoms with van der Waals surface area (Å²) in [4.78, 5) is 17.5. The molecule has 0 aliphatic carbocycles. The van der Waals surface area contributed by atoms with E-state index in [2.05, 4.69) is 0 Å². The Hall–Kier alpha value is -3.09. The third-order valence-electron chi connectivity index (χ3n) is 4.79. The number of thioether (sulfide) groups is 1. The molecule has 0 N–H and O–H groups in total. The predicted molar refractivity (Wildman–Crippen MR) is 125 cm³/mol. The maximum Gasteiger partial charge on any atom is 0.344 e. The first-order valence-corrected chi connectivity index (χ1v) is 11.2. The second kappa shape index (κ2) is 10.0. The van der Waals surface area contributed by atoms with Gasteiger partial charge >= 0.3 is 5.97 Å². The fourth-order valence-electron chi connectivity index (χ4n) is 3.17. The molecule has 0 aliphatic heterocycles. The van der Waals surface area contributed by atoms with Crippen molar-refractivity contribution in [3.8, 4) is 5.75 Å². The van der Waals surface area contributed by atoms with Crippen LogP contribution in [-0.2, 0) is 17.1 Å². The van der Waals surface area contributed by atoms with Crippen LogP contribution < -0.4 is 4.74 Å². The first kappa shape index (κ1) is 22.1. The number of carbonyl (C=O) groups is 1. The van der Waals surface area contributed by atoms with Crippen LogP contribution in [0.1, 0.15) is 21.5 Å². The highest BCUT2D eigenvalue weighted by Gasteiger charge is 2.24. The summed E-state index contributed by atoms with van der Waals surface area (Å²) in [5.41, 5.74) is 2.79. The van der Waals surface area contributed by atoms with Gasteiger partial charge in [-0.15, -0.1) is 11.8 Å². The second-order valence-electron chi connectivity index (χ2n) is 6.96. The standard InChI is InChI=1S/C25H19ClFNO3S/c1-30-25(29)22-23(31-14-16-8-12-19(27)13-9-16)20-4-2-3-5-21(20)28-24(22)32-15-17-6-10-18(26)11-7-17/h2-13H,14-15H2,1H3. The third kappa shape index (κ3) is 5.03.